The summed E-state index contributed by atoms with van der Waals surface area (Å²) < 4.78 is 57.2. The summed E-state index contributed by atoms with van der Waals surface area (Å²) in [6.07, 6.45) is 0. The maximum atomic E-state index is 12.6. The summed E-state index contributed by atoms with van der Waals surface area (Å²) in [7, 11) is -7.39. The molecule has 0 heterocycles. The van der Waals surface area contributed by atoms with Crippen LogP contribution in [0.3, 0.4) is 0 Å². The number of benzene rings is 1. The molecule has 0 saturated heterocycles. The quantitative estimate of drug-likeness (QED) is 0.753. The molecule has 0 atom stereocenters. The predicted molar refractivity (Wildman–Crippen MR) is 44.9 cm³/mol. The molecule has 0 N–H and O–H groups in total. The van der Waals surface area contributed by atoms with Crippen molar-refractivity contribution in [3.05, 3.63) is 30.1 Å². The van der Waals surface area contributed by atoms with E-state index in [1.165, 1.54) is 0 Å². The zero-order valence-electron chi connectivity index (χ0n) is 6.58. The zero-order chi connectivity index (χ0) is 10.8. The van der Waals surface area contributed by atoms with Gasteiger partial charge >= 0.3 is 10.5 Å². The molecule has 0 unspecified atom stereocenters. The van der Waals surface area contributed by atoms with Gasteiger partial charge < -0.3 is 0 Å². The summed E-state index contributed by atoms with van der Waals surface area (Å²) in [4.78, 5) is -0.498. The molecule has 0 bridgehead atoms. The molecule has 0 saturated carbocycles. The number of hydrogen-bond acceptors (Lipinski definition) is 4. The van der Waals surface area contributed by atoms with Crippen molar-refractivity contribution in [1.82, 2.24) is 0 Å². The number of hydrogen-bond donors (Lipinski definition) is 0. The number of sulfonamides is 1. The summed E-state index contributed by atoms with van der Waals surface area (Å²) in [5.41, 5.74) is 0. The molecule has 8 heteroatoms. The van der Waals surface area contributed by atoms with Crippen LogP contribution in [0.1, 0.15) is 0 Å². The molecular weight excluding hydrogens is 233 g/mol. The molecule has 0 fully saturated rings. The smallest absolute Gasteiger partial charge is 0.207 e. The molecule has 0 amide bonds. The first kappa shape index (κ1) is 10.8. The Morgan fingerprint density at radius 2 is 1.93 bits per heavy atom. The minimum atomic E-state index is -4.31. The highest BCUT2D eigenvalue weighted by atomic mass is 32.2. The SMILES string of the molecule is O=S(=O)=NS(=O)(=O)c1cccc(F)c1. The Labute approximate surface area is 81.0 Å². The monoisotopic (exact) mass is 237 g/mol. The third kappa shape index (κ3) is 2.60. The second-order valence-electron chi connectivity index (χ2n) is 2.22. The fourth-order valence-electron chi connectivity index (χ4n) is 0.751. The van der Waals surface area contributed by atoms with E-state index in [0.29, 0.717) is 6.07 Å². The van der Waals surface area contributed by atoms with Crippen LogP contribution in [0.4, 0.5) is 4.39 Å². The first-order valence-corrected chi connectivity index (χ1v) is 5.72. The fraction of sp³-hybridized carbons (Fsp3) is 0. The van der Waals surface area contributed by atoms with Gasteiger partial charge in [-0.15, -0.1) is 0 Å². The Balaban J connectivity index is 3.39. The van der Waals surface area contributed by atoms with Gasteiger partial charge in [-0.2, -0.15) is 16.8 Å². The minimum absolute atomic E-state index is 0.498. The highest BCUT2D eigenvalue weighted by Gasteiger charge is 2.13. The average molecular weight is 237 g/mol. The van der Waals surface area contributed by atoms with E-state index < -0.39 is 31.2 Å². The van der Waals surface area contributed by atoms with E-state index in [2.05, 4.69) is 3.77 Å². The molecule has 1 aromatic rings. The highest BCUT2D eigenvalue weighted by Crippen LogP contribution is 2.12. The van der Waals surface area contributed by atoms with Gasteiger partial charge in [-0.25, -0.2) is 4.39 Å². The van der Waals surface area contributed by atoms with Gasteiger partial charge in [-0.05, 0) is 22.0 Å². The van der Waals surface area contributed by atoms with Gasteiger partial charge in [0, 0.05) is 0 Å². The highest BCUT2D eigenvalue weighted by molar-refractivity contribution is 7.94. The summed E-state index contributed by atoms with van der Waals surface area (Å²) in [5.74, 6) is -0.780. The molecule has 0 spiro atoms. The second-order valence-corrected chi connectivity index (χ2v) is 4.68. The standard InChI is InChI=1S/C6H4FNO4S2/c7-5-2-1-3-6(4-5)14(11,12)8-13(9)10/h1-4H. The Bertz CT molecular complexity index is 568. The van der Waals surface area contributed by atoms with E-state index in [-0.39, 0.29) is 0 Å². The largest absolute Gasteiger partial charge is 0.327 e. The maximum Gasteiger partial charge on any atom is 0.327 e. The molecule has 0 radical (unpaired) electrons. The summed E-state index contributed by atoms with van der Waals surface area (Å²) >= 11 is 0. The van der Waals surface area contributed by atoms with Gasteiger partial charge in [0.1, 0.15) is 5.82 Å². The lowest BCUT2D eigenvalue weighted by atomic mass is 10.4. The Morgan fingerprint density at radius 3 is 2.43 bits per heavy atom. The molecule has 0 aliphatic rings. The van der Waals surface area contributed by atoms with Crippen molar-refractivity contribution >= 4 is 20.5 Å². The lowest BCUT2D eigenvalue weighted by molar-refractivity contribution is 0.591. The van der Waals surface area contributed by atoms with Crippen LogP contribution in [0, 0.1) is 5.82 Å². The summed E-state index contributed by atoms with van der Waals surface area (Å²) in [6.45, 7) is 0. The number of halogens is 1. The van der Waals surface area contributed by atoms with Crippen molar-refractivity contribution in [3.63, 3.8) is 0 Å². The molecule has 0 aliphatic carbocycles. The topological polar surface area (TPSA) is 80.6 Å². The Morgan fingerprint density at radius 1 is 1.29 bits per heavy atom. The van der Waals surface area contributed by atoms with Crippen LogP contribution in [0.25, 0.3) is 0 Å². The lowest BCUT2D eigenvalue weighted by Crippen LogP contribution is -1.96. The zero-order valence-corrected chi connectivity index (χ0v) is 8.22. The molecular formula is C6H4FNO4S2. The van der Waals surface area contributed by atoms with Crippen LogP contribution in [-0.2, 0) is 20.5 Å². The Kier molecular flexibility index (Phi) is 2.96. The van der Waals surface area contributed by atoms with E-state index in [4.69, 9.17) is 0 Å². The lowest BCUT2D eigenvalue weighted by Gasteiger charge is -1.94. The van der Waals surface area contributed by atoms with Gasteiger partial charge in [-0.3, -0.25) is 0 Å². The molecule has 1 aromatic carbocycles. The normalized spacial score (nSPS) is 10.9. The summed E-state index contributed by atoms with van der Waals surface area (Å²) in [6, 6.07) is 3.92. The van der Waals surface area contributed by atoms with Crippen LogP contribution < -0.4 is 0 Å². The predicted octanol–water partition coefficient (Wildman–Crippen LogP) is 0.577. The van der Waals surface area contributed by atoms with Crippen molar-refractivity contribution < 1.29 is 21.2 Å². The summed E-state index contributed by atoms with van der Waals surface area (Å²) in [5, 5.41) is 0. The third-order valence-electron chi connectivity index (χ3n) is 1.25. The van der Waals surface area contributed by atoms with Gasteiger partial charge in [0.25, 0.3) is 10.0 Å². The molecule has 14 heavy (non-hydrogen) atoms. The van der Waals surface area contributed by atoms with Crippen LogP contribution in [0.2, 0.25) is 0 Å². The fourth-order valence-corrected chi connectivity index (χ4v) is 2.25. The van der Waals surface area contributed by atoms with E-state index in [1.807, 2.05) is 0 Å². The van der Waals surface area contributed by atoms with Gasteiger partial charge in [0.15, 0.2) is 0 Å². The van der Waals surface area contributed by atoms with Gasteiger partial charge in [-0.1, -0.05) is 6.07 Å². The first-order valence-electron chi connectivity index (χ1n) is 3.25. The Hall–Kier alpha value is -1.28. The van der Waals surface area contributed by atoms with Crippen LogP contribution in [0.5, 0.6) is 0 Å². The average Bonchev–Trinajstić information content (AvgIpc) is 2.01. The van der Waals surface area contributed by atoms with Crippen molar-refractivity contribution in [2.75, 3.05) is 0 Å². The van der Waals surface area contributed by atoms with Crippen LogP contribution >= 0.6 is 0 Å². The number of rotatable bonds is 2. The van der Waals surface area contributed by atoms with Crippen molar-refractivity contribution in [1.29, 1.82) is 0 Å². The molecule has 76 valence electrons. The van der Waals surface area contributed by atoms with E-state index in [0.717, 1.165) is 18.2 Å². The van der Waals surface area contributed by atoms with Crippen LogP contribution in [-0.4, -0.2) is 16.8 Å². The molecule has 1 rings (SSSR count). The van der Waals surface area contributed by atoms with Gasteiger partial charge in [0.2, 0.25) is 0 Å². The minimum Gasteiger partial charge on any atom is -0.207 e. The van der Waals surface area contributed by atoms with Crippen molar-refractivity contribution in [3.8, 4) is 0 Å². The maximum absolute atomic E-state index is 12.6. The molecule has 0 aliphatic heterocycles. The van der Waals surface area contributed by atoms with E-state index in [9.17, 15) is 21.2 Å². The second kappa shape index (κ2) is 3.84. The molecule has 5 nitrogen and oxygen atoms in total. The van der Waals surface area contributed by atoms with Crippen molar-refractivity contribution in [2.45, 2.75) is 4.90 Å². The van der Waals surface area contributed by atoms with Crippen LogP contribution in [0.15, 0.2) is 32.9 Å². The van der Waals surface area contributed by atoms with Gasteiger partial charge in [0.05, 0.1) is 4.90 Å². The third-order valence-corrected chi connectivity index (χ3v) is 3.37. The number of nitrogens with zero attached hydrogens (tertiary/aromatic N) is 1. The van der Waals surface area contributed by atoms with E-state index in [1.54, 1.807) is 0 Å². The first-order chi connectivity index (χ1) is 6.42. The van der Waals surface area contributed by atoms with E-state index >= 15 is 0 Å². The van der Waals surface area contributed by atoms with Crippen molar-refractivity contribution in [2.24, 2.45) is 3.77 Å². The molecule has 0 aromatic heterocycles.